The van der Waals surface area contributed by atoms with Crippen molar-refractivity contribution in [2.24, 2.45) is 0 Å². The van der Waals surface area contributed by atoms with Gasteiger partial charge in [-0.05, 0) is 43.9 Å². The number of hydrogen-bond acceptors (Lipinski definition) is 5. The molecular weight excluding hydrogens is 350 g/mol. The van der Waals surface area contributed by atoms with Gasteiger partial charge in [0.15, 0.2) is 5.65 Å². The first-order valence-corrected chi connectivity index (χ1v) is 9.94. The van der Waals surface area contributed by atoms with Crippen molar-refractivity contribution in [2.45, 2.75) is 53.0 Å². The predicted octanol–water partition coefficient (Wildman–Crippen LogP) is 4.87. The van der Waals surface area contributed by atoms with Crippen molar-refractivity contribution >= 4 is 17.0 Å². The van der Waals surface area contributed by atoms with Crippen molar-refractivity contribution in [3.8, 4) is 11.3 Å². The number of pyridine rings is 1. The van der Waals surface area contributed by atoms with Gasteiger partial charge in [-0.2, -0.15) is 0 Å². The van der Waals surface area contributed by atoms with Gasteiger partial charge in [-0.25, -0.2) is 15.0 Å². The normalized spacial score (nSPS) is 12.7. The first-order valence-electron chi connectivity index (χ1n) is 9.94. The molecule has 0 aliphatic carbocycles. The topological polar surface area (TPSA) is 64.9 Å². The van der Waals surface area contributed by atoms with Gasteiger partial charge in [-0.15, -0.1) is 0 Å². The Bertz CT molecular complexity index is 977. The van der Waals surface area contributed by atoms with Crippen LogP contribution in [0.2, 0.25) is 0 Å². The lowest BCUT2D eigenvalue weighted by Crippen LogP contribution is -2.13. The SMILES string of the molecule is CCC(COC)n1cc(C)c2nc(-c3ccc(C(C)C)nc3NC)c(C)nc21. The minimum atomic E-state index is 0.251. The summed E-state index contributed by atoms with van der Waals surface area (Å²) in [7, 11) is 3.64. The highest BCUT2D eigenvalue weighted by Crippen LogP contribution is 2.32. The summed E-state index contributed by atoms with van der Waals surface area (Å²) in [6.45, 7) is 11.2. The number of anilines is 1. The van der Waals surface area contributed by atoms with Crippen LogP contribution in [0.3, 0.4) is 0 Å². The molecule has 0 fully saturated rings. The minimum absolute atomic E-state index is 0.251. The molecule has 3 aromatic rings. The molecule has 6 heteroatoms. The smallest absolute Gasteiger partial charge is 0.159 e. The molecule has 0 radical (unpaired) electrons. The summed E-state index contributed by atoms with van der Waals surface area (Å²) in [6, 6.07) is 4.43. The summed E-state index contributed by atoms with van der Waals surface area (Å²) in [5.41, 5.74) is 6.79. The molecule has 1 atom stereocenters. The number of rotatable bonds is 7. The van der Waals surface area contributed by atoms with E-state index in [9.17, 15) is 0 Å². The van der Waals surface area contributed by atoms with Crippen LogP contribution in [0, 0.1) is 13.8 Å². The van der Waals surface area contributed by atoms with Gasteiger partial charge in [0, 0.05) is 31.6 Å². The summed E-state index contributed by atoms with van der Waals surface area (Å²) in [5.74, 6) is 1.21. The molecule has 0 spiro atoms. The second-order valence-electron chi connectivity index (χ2n) is 7.60. The zero-order valence-electron chi connectivity index (χ0n) is 18.0. The highest BCUT2D eigenvalue weighted by atomic mass is 16.5. The average Bonchev–Trinajstić information content (AvgIpc) is 3.00. The third-order valence-corrected chi connectivity index (χ3v) is 5.23. The lowest BCUT2D eigenvalue weighted by atomic mass is 10.1. The molecule has 3 aromatic heterocycles. The molecule has 3 heterocycles. The second kappa shape index (κ2) is 8.27. The summed E-state index contributed by atoms with van der Waals surface area (Å²) in [4.78, 5) is 14.7. The fraction of sp³-hybridized carbons (Fsp3) is 0.500. The predicted molar refractivity (Wildman–Crippen MR) is 115 cm³/mol. The largest absolute Gasteiger partial charge is 0.383 e. The Labute approximate surface area is 167 Å². The third kappa shape index (κ3) is 3.61. The van der Waals surface area contributed by atoms with Crippen LogP contribution in [0.15, 0.2) is 18.3 Å². The average molecular weight is 382 g/mol. The van der Waals surface area contributed by atoms with E-state index in [-0.39, 0.29) is 6.04 Å². The maximum atomic E-state index is 5.41. The molecule has 0 saturated heterocycles. The zero-order valence-corrected chi connectivity index (χ0v) is 18.0. The Morgan fingerprint density at radius 3 is 2.50 bits per heavy atom. The summed E-state index contributed by atoms with van der Waals surface area (Å²) < 4.78 is 7.61. The number of hydrogen-bond donors (Lipinski definition) is 1. The molecule has 0 aliphatic heterocycles. The molecule has 6 nitrogen and oxygen atoms in total. The maximum Gasteiger partial charge on any atom is 0.159 e. The van der Waals surface area contributed by atoms with Crippen molar-refractivity contribution in [3.05, 3.63) is 35.3 Å². The monoisotopic (exact) mass is 381 g/mol. The number of nitrogens with one attached hydrogen (secondary N) is 1. The molecule has 150 valence electrons. The molecule has 3 rings (SSSR count). The van der Waals surface area contributed by atoms with E-state index in [0.29, 0.717) is 12.5 Å². The first-order chi connectivity index (χ1) is 13.4. The van der Waals surface area contributed by atoms with Crippen LogP contribution in [0.25, 0.3) is 22.4 Å². The Hall–Kier alpha value is -2.47. The van der Waals surface area contributed by atoms with E-state index in [0.717, 1.165) is 51.6 Å². The fourth-order valence-corrected chi connectivity index (χ4v) is 3.58. The number of fused-ring (bicyclic) bond motifs is 1. The van der Waals surface area contributed by atoms with Gasteiger partial charge in [-0.1, -0.05) is 20.8 Å². The van der Waals surface area contributed by atoms with Crippen molar-refractivity contribution in [1.29, 1.82) is 0 Å². The molecule has 0 bridgehead atoms. The molecule has 0 aromatic carbocycles. The van der Waals surface area contributed by atoms with Crippen LogP contribution in [0.5, 0.6) is 0 Å². The maximum absolute atomic E-state index is 5.41. The first kappa shape index (κ1) is 20.3. The number of aromatic nitrogens is 4. The van der Waals surface area contributed by atoms with Gasteiger partial charge < -0.3 is 14.6 Å². The van der Waals surface area contributed by atoms with E-state index in [1.807, 2.05) is 14.0 Å². The van der Waals surface area contributed by atoms with E-state index in [1.165, 1.54) is 0 Å². The van der Waals surface area contributed by atoms with Crippen LogP contribution < -0.4 is 5.32 Å². The Balaban J connectivity index is 2.17. The van der Waals surface area contributed by atoms with E-state index < -0.39 is 0 Å². The van der Waals surface area contributed by atoms with Crippen molar-refractivity contribution < 1.29 is 4.74 Å². The zero-order chi connectivity index (χ0) is 20.4. The van der Waals surface area contributed by atoms with Gasteiger partial charge in [0.2, 0.25) is 0 Å². The molecule has 1 N–H and O–H groups in total. The Morgan fingerprint density at radius 2 is 1.89 bits per heavy atom. The number of ether oxygens (including phenoxy) is 1. The molecule has 0 aliphatic rings. The van der Waals surface area contributed by atoms with Crippen molar-refractivity contribution in [2.75, 3.05) is 26.1 Å². The number of methoxy groups -OCH3 is 1. The fourth-order valence-electron chi connectivity index (χ4n) is 3.58. The van der Waals surface area contributed by atoms with Gasteiger partial charge >= 0.3 is 0 Å². The Morgan fingerprint density at radius 1 is 1.14 bits per heavy atom. The van der Waals surface area contributed by atoms with Crippen molar-refractivity contribution in [1.82, 2.24) is 19.5 Å². The summed E-state index contributed by atoms with van der Waals surface area (Å²) in [5, 5.41) is 3.23. The molecule has 0 saturated carbocycles. The van der Waals surface area contributed by atoms with Gasteiger partial charge in [0.25, 0.3) is 0 Å². The minimum Gasteiger partial charge on any atom is -0.383 e. The summed E-state index contributed by atoms with van der Waals surface area (Å²) >= 11 is 0. The molecule has 28 heavy (non-hydrogen) atoms. The van der Waals surface area contributed by atoms with Gasteiger partial charge in [0.05, 0.1) is 24.0 Å². The standard InChI is InChI=1S/C22H31N5O/c1-8-16(12-28-7)27-11-14(4)19-22(27)24-15(5)20(26-19)17-9-10-18(13(2)3)25-21(17)23-6/h9-11,13,16H,8,12H2,1-7H3,(H,23,25). The van der Waals surface area contributed by atoms with E-state index in [1.54, 1.807) is 7.11 Å². The van der Waals surface area contributed by atoms with Gasteiger partial charge in [-0.3, -0.25) is 0 Å². The second-order valence-corrected chi connectivity index (χ2v) is 7.60. The number of aryl methyl sites for hydroxylation is 2. The lowest BCUT2D eigenvalue weighted by molar-refractivity contribution is 0.154. The lowest BCUT2D eigenvalue weighted by Gasteiger charge is -2.17. The Kier molecular flexibility index (Phi) is 5.98. The van der Waals surface area contributed by atoms with Crippen LogP contribution in [0.1, 0.15) is 56.1 Å². The van der Waals surface area contributed by atoms with Crippen LogP contribution in [-0.2, 0) is 4.74 Å². The van der Waals surface area contributed by atoms with Gasteiger partial charge in [0.1, 0.15) is 11.3 Å². The number of nitrogens with zero attached hydrogens (tertiary/aromatic N) is 4. The molecule has 0 amide bonds. The van der Waals surface area contributed by atoms with Crippen LogP contribution >= 0.6 is 0 Å². The van der Waals surface area contributed by atoms with Crippen LogP contribution in [0.4, 0.5) is 5.82 Å². The molecule has 1 unspecified atom stereocenters. The third-order valence-electron chi connectivity index (χ3n) is 5.23. The van der Waals surface area contributed by atoms with E-state index in [4.69, 9.17) is 19.7 Å². The highest BCUT2D eigenvalue weighted by molar-refractivity contribution is 5.82. The quantitative estimate of drug-likeness (QED) is 0.632. The van der Waals surface area contributed by atoms with Crippen molar-refractivity contribution in [3.63, 3.8) is 0 Å². The molecular formula is C22H31N5O. The van der Waals surface area contributed by atoms with Crippen LogP contribution in [-0.4, -0.2) is 40.3 Å². The van der Waals surface area contributed by atoms with E-state index >= 15 is 0 Å². The highest BCUT2D eigenvalue weighted by Gasteiger charge is 2.20. The van der Waals surface area contributed by atoms with E-state index in [2.05, 4.69) is 55.9 Å². The summed E-state index contributed by atoms with van der Waals surface area (Å²) in [6.07, 6.45) is 3.12.